The molecule has 3 aromatic carbocycles. The predicted molar refractivity (Wildman–Crippen MR) is 99.6 cm³/mol. The molecule has 0 amide bonds. The van der Waals surface area contributed by atoms with Gasteiger partial charge in [-0.25, -0.2) is 4.39 Å². The standard InChI is InChI=1S/C21H17ClFNO/c22-17-10-6-16(7-11-17)21(25)14-20(15-8-12-18(23)13-9-15)24-19-4-2-1-3-5-19/h1-13,20,24H,14H2/t20-/m0/s1. The summed E-state index contributed by atoms with van der Waals surface area (Å²) in [5.74, 6) is -0.305. The molecule has 0 fully saturated rings. The van der Waals surface area contributed by atoms with Crippen LogP contribution < -0.4 is 5.32 Å². The molecule has 0 saturated heterocycles. The molecule has 0 unspecified atom stereocenters. The van der Waals surface area contributed by atoms with Crippen molar-refractivity contribution in [1.82, 2.24) is 0 Å². The van der Waals surface area contributed by atoms with Crippen LogP contribution in [0.15, 0.2) is 78.9 Å². The highest BCUT2D eigenvalue weighted by atomic mass is 35.5. The third kappa shape index (κ3) is 4.68. The summed E-state index contributed by atoms with van der Waals surface area (Å²) in [7, 11) is 0. The molecule has 0 bridgehead atoms. The third-order valence-corrected chi connectivity index (χ3v) is 4.19. The Morgan fingerprint density at radius 1 is 0.920 bits per heavy atom. The number of ketones is 1. The molecule has 0 aliphatic heterocycles. The highest BCUT2D eigenvalue weighted by Crippen LogP contribution is 2.25. The SMILES string of the molecule is O=C(C[C@H](Nc1ccccc1)c1ccc(F)cc1)c1ccc(Cl)cc1. The van der Waals surface area contributed by atoms with Gasteiger partial charge in [0.2, 0.25) is 0 Å². The number of carbonyl (C=O) groups is 1. The average Bonchev–Trinajstić information content (AvgIpc) is 2.63. The Morgan fingerprint density at radius 2 is 1.56 bits per heavy atom. The summed E-state index contributed by atoms with van der Waals surface area (Å²) in [5, 5.41) is 3.95. The normalized spacial score (nSPS) is 11.8. The van der Waals surface area contributed by atoms with Crippen molar-refractivity contribution in [3.8, 4) is 0 Å². The van der Waals surface area contributed by atoms with Crippen molar-refractivity contribution >= 4 is 23.1 Å². The molecule has 0 radical (unpaired) electrons. The van der Waals surface area contributed by atoms with Crippen LogP contribution in [0.1, 0.15) is 28.4 Å². The molecule has 25 heavy (non-hydrogen) atoms. The van der Waals surface area contributed by atoms with Gasteiger partial charge in [0.1, 0.15) is 5.82 Å². The number of Topliss-reactive ketones (excluding diaryl/α,β-unsaturated/α-hetero) is 1. The first-order valence-corrected chi connectivity index (χ1v) is 8.35. The summed E-state index contributed by atoms with van der Waals surface area (Å²) in [6.45, 7) is 0. The Bertz CT molecular complexity index is 832. The van der Waals surface area contributed by atoms with Gasteiger partial charge in [0.15, 0.2) is 5.78 Å². The lowest BCUT2D eigenvalue weighted by Crippen LogP contribution is -2.16. The maximum absolute atomic E-state index is 13.2. The fraction of sp³-hybridized carbons (Fsp3) is 0.0952. The lowest BCUT2D eigenvalue weighted by atomic mass is 9.97. The minimum Gasteiger partial charge on any atom is -0.378 e. The van der Waals surface area contributed by atoms with Gasteiger partial charge in [0, 0.05) is 22.7 Å². The summed E-state index contributed by atoms with van der Waals surface area (Å²) < 4.78 is 13.2. The third-order valence-electron chi connectivity index (χ3n) is 3.94. The zero-order valence-corrected chi connectivity index (χ0v) is 14.2. The number of hydrogen-bond acceptors (Lipinski definition) is 2. The zero-order valence-electron chi connectivity index (χ0n) is 13.5. The summed E-state index contributed by atoms with van der Waals surface area (Å²) in [5.41, 5.74) is 2.36. The predicted octanol–water partition coefficient (Wildman–Crippen LogP) is 5.91. The Balaban J connectivity index is 1.83. The number of para-hydroxylation sites is 1. The van der Waals surface area contributed by atoms with E-state index >= 15 is 0 Å². The zero-order chi connectivity index (χ0) is 17.6. The van der Waals surface area contributed by atoms with Gasteiger partial charge in [-0.05, 0) is 54.1 Å². The van der Waals surface area contributed by atoms with Crippen molar-refractivity contribution in [2.45, 2.75) is 12.5 Å². The maximum atomic E-state index is 13.2. The lowest BCUT2D eigenvalue weighted by molar-refractivity contribution is 0.0976. The van der Waals surface area contributed by atoms with Gasteiger partial charge >= 0.3 is 0 Å². The fourth-order valence-electron chi connectivity index (χ4n) is 2.62. The highest BCUT2D eigenvalue weighted by molar-refractivity contribution is 6.30. The molecule has 0 aromatic heterocycles. The van der Waals surface area contributed by atoms with E-state index in [1.807, 2.05) is 30.3 Å². The van der Waals surface area contributed by atoms with Crippen LogP contribution in [0.3, 0.4) is 0 Å². The average molecular weight is 354 g/mol. The van der Waals surface area contributed by atoms with Gasteiger partial charge in [-0.2, -0.15) is 0 Å². The van der Waals surface area contributed by atoms with E-state index in [0.717, 1.165) is 11.3 Å². The largest absolute Gasteiger partial charge is 0.378 e. The maximum Gasteiger partial charge on any atom is 0.165 e. The molecule has 0 saturated carbocycles. The second-order valence-corrected chi connectivity index (χ2v) is 6.19. The molecule has 2 nitrogen and oxygen atoms in total. The van der Waals surface area contributed by atoms with Gasteiger partial charge in [-0.3, -0.25) is 4.79 Å². The number of benzene rings is 3. The van der Waals surface area contributed by atoms with E-state index < -0.39 is 0 Å². The molecule has 1 atom stereocenters. The molecule has 0 aliphatic carbocycles. The van der Waals surface area contributed by atoms with E-state index in [1.165, 1.54) is 12.1 Å². The van der Waals surface area contributed by atoms with E-state index in [0.29, 0.717) is 10.6 Å². The van der Waals surface area contributed by atoms with Crippen molar-refractivity contribution < 1.29 is 9.18 Å². The Hall–Kier alpha value is -2.65. The molecule has 1 N–H and O–H groups in total. The Kier molecular flexibility index (Phi) is 5.46. The molecular weight excluding hydrogens is 337 g/mol. The number of hydrogen-bond donors (Lipinski definition) is 1. The number of halogens is 2. The Labute approximate surface area is 151 Å². The summed E-state index contributed by atoms with van der Waals surface area (Å²) in [6.07, 6.45) is 0.252. The second kappa shape index (κ2) is 7.95. The van der Waals surface area contributed by atoms with Crippen LogP contribution in [0, 0.1) is 5.82 Å². The van der Waals surface area contributed by atoms with Crippen LogP contribution in [0.5, 0.6) is 0 Å². The minimum absolute atomic E-state index is 0.00516. The van der Waals surface area contributed by atoms with Crippen LogP contribution in [0.2, 0.25) is 5.02 Å². The van der Waals surface area contributed by atoms with Crippen molar-refractivity contribution in [2.75, 3.05) is 5.32 Å². The minimum atomic E-state index is -0.300. The van der Waals surface area contributed by atoms with Gasteiger partial charge in [0.25, 0.3) is 0 Å². The van der Waals surface area contributed by atoms with E-state index in [4.69, 9.17) is 11.6 Å². The lowest BCUT2D eigenvalue weighted by Gasteiger charge is -2.20. The molecule has 126 valence electrons. The molecular formula is C21H17ClFNO. The van der Waals surface area contributed by atoms with Crippen LogP contribution in [-0.2, 0) is 0 Å². The molecule has 0 aliphatic rings. The van der Waals surface area contributed by atoms with Gasteiger partial charge < -0.3 is 5.32 Å². The summed E-state index contributed by atoms with van der Waals surface area (Å²) in [4.78, 5) is 12.6. The van der Waals surface area contributed by atoms with Gasteiger partial charge in [0.05, 0.1) is 6.04 Å². The van der Waals surface area contributed by atoms with Gasteiger partial charge in [-0.15, -0.1) is 0 Å². The van der Waals surface area contributed by atoms with E-state index in [2.05, 4.69) is 5.32 Å². The number of anilines is 1. The smallest absolute Gasteiger partial charge is 0.165 e. The van der Waals surface area contributed by atoms with Crippen LogP contribution in [-0.4, -0.2) is 5.78 Å². The van der Waals surface area contributed by atoms with E-state index in [-0.39, 0.29) is 24.1 Å². The van der Waals surface area contributed by atoms with E-state index in [9.17, 15) is 9.18 Å². The topological polar surface area (TPSA) is 29.1 Å². The second-order valence-electron chi connectivity index (χ2n) is 5.75. The molecule has 4 heteroatoms. The number of rotatable bonds is 6. The quantitative estimate of drug-likeness (QED) is 0.558. The van der Waals surface area contributed by atoms with Gasteiger partial charge in [-0.1, -0.05) is 41.9 Å². The molecule has 3 aromatic rings. The van der Waals surface area contributed by atoms with E-state index in [1.54, 1.807) is 36.4 Å². The first kappa shape index (κ1) is 17.2. The molecule has 3 rings (SSSR count). The highest BCUT2D eigenvalue weighted by Gasteiger charge is 2.17. The first-order valence-electron chi connectivity index (χ1n) is 7.97. The fourth-order valence-corrected chi connectivity index (χ4v) is 2.75. The summed E-state index contributed by atoms with van der Waals surface area (Å²) >= 11 is 5.88. The number of carbonyl (C=O) groups excluding carboxylic acids is 1. The molecule has 0 heterocycles. The first-order chi connectivity index (χ1) is 12.1. The van der Waals surface area contributed by atoms with Crippen LogP contribution in [0.4, 0.5) is 10.1 Å². The van der Waals surface area contributed by atoms with Crippen molar-refractivity contribution in [2.24, 2.45) is 0 Å². The Morgan fingerprint density at radius 3 is 2.20 bits per heavy atom. The number of nitrogens with one attached hydrogen (secondary N) is 1. The van der Waals surface area contributed by atoms with Crippen molar-refractivity contribution in [3.63, 3.8) is 0 Å². The summed E-state index contributed by atoms with van der Waals surface area (Å²) in [6, 6.07) is 22.4. The van der Waals surface area contributed by atoms with Crippen LogP contribution >= 0.6 is 11.6 Å². The van der Waals surface area contributed by atoms with Crippen molar-refractivity contribution in [3.05, 3.63) is 101 Å². The van der Waals surface area contributed by atoms with Crippen molar-refractivity contribution in [1.29, 1.82) is 0 Å². The van der Waals surface area contributed by atoms with Crippen LogP contribution in [0.25, 0.3) is 0 Å². The monoisotopic (exact) mass is 353 g/mol. The molecule has 0 spiro atoms.